The standard InChI is InChI=1S/C25H44N2O2/c1-15-20(26(4)5)10-11-23(3)18-9-12-24-14-27(6)16(2)17(24)7-8-19(24)22(18)21(28)13-25(15,23)29/h15-22,28-29H,7-14H2,1-6H3/t15-,16+,17-,18+,19+,20+,21-,22-,23-,24+,25-/m1/s1. The van der Waals surface area contributed by atoms with Gasteiger partial charge in [0.2, 0.25) is 0 Å². The SMILES string of the molecule is C[C@@H]1[C@@H](N(C)C)CC[C@]2(C)[C@H]3CC[C@]45CN(C)[C@@H](C)[C@H]4CC[C@H]5[C@@H]3[C@H](O)C[C@@]12O. The molecule has 5 fully saturated rings. The monoisotopic (exact) mass is 404 g/mol. The molecule has 166 valence electrons. The normalized spacial score (nSPS) is 59.9. The Morgan fingerprint density at radius 2 is 1.66 bits per heavy atom. The van der Waals surface area contributed by atoms with Crippen LogP contribution in [0.4, 0.5) is 0 Å². The first-order chi connectivity index (χ1) is 13.6. The molecule has 1 aliphatic heterocycles. The maximum Gasteiger partial charge on any atom is 0.0768 e. The van der Waals surface area contributed by atoms with Crippen LogP contribution in [0.2, 0.25) is 0 Å². The van der Waals surface area contributed by atoms with Gasteiger partial charge in [0, 0.05) is 31.0 Å². The molecular weight excluding hydrogens is 360 g/mol. The molecule has 4 aliphatic carbocycles. The minimum atomic E-state index is -0.747. The van der Waals surface area contributed by atoms with Crippen molar-refractivity contribution in [1.29, 1.82) is 0 Å². The molecule has 5 aliphatic rings. The molecule has 1 heterocycles. The van der Waals surface area contributed by atoms with Crippen molar-refractivity contribution in [2.24, 2.45) is 40.4 Å². The molecule has 1 spiro atoms. The number of rotatable bonds is 1. The Hall–Kier alpha value is -0.160. The molecule has 4 nitrogen and oxygen atoms in total. The number of hydrogen-bond donors (Lipinski definition) is 2. The Bertz CT molecular complexity index is 669. The molecule has 0 unspecified atom stereocenters. The van der Waals surface area contributed by atoms with E-state index >= 15 is 0 Å². The van der Waals surface area contributed by atoms with Crippen LogP contribution in [0.15, 0.2) is 0 Å². The molecule has 5 rings (SSSR count). The van der Waals surface area contributed by atoms with Crippen LogP contribution in [-0.2, 0) is 0 Å². The molecule has 0 aromatic rings. The van der Waals surface area contributed by atoms with Gasteiger partial charge >= 0.3 is 0 Å². The zero-order valence-corrected chi connectivity index (χ0v) is 19.6. The van der Waals surface area contributed by atoms with Gasteiger partial charge in [-0.25, -0.2) is 0 Å². The molecule has 0 amide bonds. The third kappa shape index (κ3) is 2.41. The van der Waals surface area contributed by atoms with Crippen LogP contribution >= 0.6 is 0 Å². The van der Waals surface area contributed by atoms with E-state index in [1.165, 1.54) is 38.6 Å². The minimum Gasteiger partial charge on any atom is -0.393 e. The molecule has 0 radical (unpaired) electrons. The first-order valence-electron chi connectivity index (χ1n) is 12.3. The highest BCUT2D eigenvalue weighted by atomic mass is 16.3. The Kier molecular flexibility index (Phi) is 4.60. The lowest BCUT2D eigenvalue weighted by Gasteiger charge is -2.67. The molecule has 0 bridgehead atoms. The van der Waals surface area contributed by atoms with Gasteiger partial charge in [-0.3, -0.25) is 0 Å². The molecule has 0 aromatic heterocycles. The van der Waals surface area contributed by atoms with Gasteiger partial charge in [0.15, 0.2) is 0 Å². The fourth-order valence-electron chi connectivity index (χ4n) is 10.1. The van der Waals surface area contributed by atoms with Gasteiger partial charge in [0.25, 0.3) is 0 Å². The average molecular weight is 405 g/mol. The van der Waals surface area contributed by atoms with Crippen LogP contribution in [0.1, 0.15) is 65.7 Å². The zero-order chi connectivity index (χ0) is 20.9. The van der Waals surface area contributed by atoms with Gasteiger partial charge in [-0.15, -0.1) is 0 Å². The molecule has 1 saturated heterocycles. The molecule has 2 N–H and O–H groups in total. The molecule has 0 aromatic carbocycles. The molecule has 4 saturated carbocycles. The minimum absolute atomic E-state index is 0.0569. The third-order valence-electron chi connectivity index (χ3n) is 11.7. The van der Waals surface area contributed by atoms with Gasteiger partial charge in [-0.1, -0.05) is 13.8 Å². The maximum absolute atomic E-state index is 12.2. The van der Waals surface area contributed by atoms with Gasteiger partial charge in [0.1, 0.15) is 0 Å². The van der Waals surface area contributed by atoms with E-state index in [0.717, 1.165) is 12.3 Å². The van der Waals surface area contributed by atoms with Crippen LogP contribution in [0, 0.1) is 40.4 Å². The van der Waals surface area contributed by atoms with E-state index in [4.69, 9.17) is 0 Å². The number of hydrogen-bond acceptors (Lipinski definition) is 4. The number of likely N-dealkylation sites (tertiary alicyclic amines) is 1. The van der Waals surface area contributed by atoms with Gasteiger partial charge < -0.3 is 20.0 Å². The summed E-state index contributed by atoms with van der Waals surface area (Å²) in [5, 5.41) is 23.7. The molecule has 4 heteroatoms. The summed E-state index contributed by atoms with van der Waals surface area (Å²) in [6.07, 6.45) is 7.66. The maximum atomic E-state index is 12.2. The smallest absolute Gasteiger partial charge is 0.0768 e. The molecular formula is C25H44N2O2. The molecule has 29 heavy (non-hydrogen) atoms. The lowest BCUT2D eigenvalue weighted by molar-refractivity contribution is -0.263. The third-order valence-corrected chi connectivity index (χ3v) is 11.7. The van der Waals surface area contributed by atoms with Crippen molar-refractivity contribution < 1.29 is 10.2 Å². The summed E-state index contributed by atoms with van der Waals surface area (Å²) in [7, 11) is 6.61. The van der Waals surface area contributed by atoms with E-state index < -0.39 is 5.60 Å². The van der Waals surface area contributed by atoms with Crippen molar-refractivity contribution in [2.75, 3.05) is 27.7 Å². The fraction of sp³-hybridized carbons (Fsp3) is 1.00. The highest BCUT2D eigenvalue weighted by Gasteiger charge is 2.70. The number of aliphatic hydroxyl groups is 2. The topological polar surface area (TPSA) is 46.9 Å². The van der Waals surface area contributed by atoms with Crippen LogP contribution in [-0.4, -0.2) is 71.5 Å². The van der Waals surface area contributed by atoms with E-state index in [1.807, 2.05) is 0 Å². The van der Waals surface area contributed by atoms with Crippen molar-refractivity contribution in [3.05, 3.63) is 0 Å². The summed E-state index contributed by atoms with van der Waals surface area (Å²) in [6.45, 7) is 8.29. The number of aliphatic hydroxyl groups excluding tert-OH is 1. The lowest BCUT2D eigenvalue weighted by Crippen LogP contribution is -2.70. The van der Waals surface area contributed by atoms with E-state index in [1.54, 1.807) is 0 Å². The lowest BCUT2D eigenvalue weighted by atomic mass is 9.40. The van der Waals surface area contributed by atoms with Crippen molar-refractivity contribution >= 4 is 0 Å². The van der Waals surface area contributed by atoms with Crippen molar-refractivity contribution in [3.8, 4) is 0 Å². The van der Waals surface area contributed by atoms with Gasteiger partial charge in [-0.05, 0) is 101 Å². The Balaban J connectivity index is 1.51. The second-order valence-corrected chi connectivity index (χ2v) is 12.4. The summed E-state index contributed by atoms with van der Waals surface area (Å²) in [5.41, 5.74) is -0.379. The largest absolute Gasteiger partial charge is 0.393 e. The van der Waals surface area contributed by atoms with Crippen LogP contribution in [0.5, 0.6) is 0 Å². The first-order valence-corrected chi connectivity index (χ1v) is 12.3. The van der Waals surface area contributed by atoms with E-state index in [0.29, 0.717) is 41.7 Å². The summed E-state index contributed by atoms with van der Waals surface area (Å²) in [4.78, 5) is 4.89. The number of fused-ring (bicyclic) bond motifs is 4. The second kappa shape index (κ2) is 6.43. The van der Waals surface area contributed by atoms with E-state index in [9.17, 15) is 10.2 Å². The van der Waals surface area contributed by atoms with Crippen LogP contribution < -0.4 is 0 Å². The van der Waals surface area contributed by atoms with Crippen molar-refractivity contribution in [1.82, 2.24) is 9.80 Å². The predicted molar refractivity (Wildman–Crippen MR) is 117 cm³/mol. The van der Waals surface area contributed by atoms with Crippen LogP contribution in [0.25, 0.3) is 0 Å². The van der Waals surface area contributed by atoms with E-state index in [2.05, 4.69) is 51.7 Å². The second-order valence-electron chi connectivity index (χ2n) is 12.4. The first kappa shape index (κ1) is 20.7. The average Bonchev–Trinajstić information content (AvgIpc) is 3.12. The summed E-state index contributed by atoms with van der Waals surface area (Å²) < 4.78 is 0. The quantitative estimate of drug-likeness (QED) is 0.704. The summed E-state index contributed by atoms with van der Waals surface area (Å²) in [5.74, 6) is 2.52. The van der Waals surface area contributed by atoms with Gasteiger partial charge in [0.05, 0.1) is 11.7 Å². The van der Waals surface area contributed by atoms with Crippen LogP contribution in [0.3, 0.4) is 0 Å². The number of nitrogens with zero attached hydrogens (tertiary/aromatic N) is 2. The Morgan fingerprint density at radius 1 is 0.966 bits per heavy atom. The zero-order valence-electron chi connectivity index (χ0n) is 19.6. The summed E-state index contributed by atoms with van der Waals surface area (Å²) >= 11 is 0. The van der Waals surface area contributed by atoms with Crippen molar-refractivity contribution in [3.63, 3.8) is 0 Å². The predicted octanol–water partition coefficient (Wildman–Crippen LogP) is 3.22. The Morgan fingerprint density at radius 3 is 2.34 bits per heavy atom. The fourth-order valence-corrected chi connectivity index (χ4v) is 10.1. The Labute approximate surface area is 178 Å². The highest BCUT2D eigenvalue weighted by Crippen LogP contribution is 2.70. The van der Waals surface area contributed by atoms with E-state index in [-0.39, 0.29) is 17.4 Å². The van der Waals surface area contributed by atoms with Gasteiger partial charge in [-0.2, -0.15) is 0 Å². The van der Waals surface area contributed by atoms with Crippen molar-refractivity contribution in [2.45, 2.75) is 89.5 Å². The summed E-state index contributed by atoms with van der Waals surface area (Å²) in [6, 6.07) is 1.09. The highest BCUT2D eigenvalue weighted by molar-refractivity contribution is 5.20. The molecule has 11 atom stereocenters.